The first-order valence-corrected chi connectivity index (χ1v) is 3.42. The Morgan fingerprint density at radius 1 is 1.33 bits per heavy atom. The van der Waals surface area contributed by atoms with E-state index in [1.165, 1.54) is 6.20 Å². The van der Waals surface area contributed by atoms with Gasteiger partial charge in [-0.25, -0.2) is 0 Å². The van der Waals surface area contributed by atoms with E-state index in [-0.39, 0.29) is 5.59 Å². The Morgan fingerprint density at radius 2 is 2.17 bits per heavy atom. The lowest BCUT2D eigenvalue weighted by molar-refractivity contribution is 0.424. The third-order valence-electron chi connectivity index (χ3n) is 1.61. The molecule has 12 heavy (non-hydrogen) atoms. The summed E-state index contributed by atoms with van der Waals surface area (Å²) in [6, 6.07) is 1.55. The molecule has 0 bridgehead atoms. The van der Waals surface area contributed by atoms with Gasteiger partial charge in [0.2, 0.25) is 0 Å². The number of aromatic nitrogens is 3. The van der Waals surface area contributed by atoms with Crippen LogP contribution in [-0.4, -0.2) is 32.3 Å². The van der Waals surface area contributed by atoms with Crippen LogP contribution < -0.4 is 5.59 Å². The molecule has 0 fully saturated rings. The zero-order valence-electron chi connectivity index (χ0n) is 6.10. The molecule has 6 heteroatoms. The van der Waals surface area contributed by atoms with Crippen molar-refractivity contribution in [3.63, 3.8) is 0 Å². The van der Waals surface area contributed by atoms with Crippen LogP contribution >= 0.6 is 0 Å². The number of hydrogen-bond donors (Lipinski definition) is 3. The second-order valence-corrected chi connectivity index (χ2v) is 2.44. The molecule has 0 unspecified atom stereocenters. The summed E-state index contributed by atoms with van der Waals surface area (Å²) in [5.74, 6) is 0. The van der Waals surface area contributed by atoms with Gasteiger partial charge in [-0.2, -0.15) is 5.10 Å². The second kappa shape index (κ2) is 2.58. The summed E-state index contributed by atoms with van der Waals surface area (Å²) in [4.78, 5) is 3.82. The summed E-state index contributed by atoms with van der Waals surface area (Å²) in [5, 5.41) is 24.9. The molecule has 0 atom stereocenters. The molecule has 0 aromatic carbocycles. The molecule has 0 amide bonds. The monoisotopic (exact) mass is 163 g/mol. The summed E-state index contributed by atoms with van der Waals surface area (Å²) < 4.78 is 0. The van der Waals surface area contributed by atoms with Gasteiger partial charge in [-0.1, -0.05) is 0 Å². The molecule has 2 aromatic heterocycles. The van der Waals surface area contributed by atoms with E-state index >= 15 is 0 Å². The fourth-order valence-corrected chi connectivity index (χ4v) is 0.994. The number of aromatic amines is 1. The zero-order chi connectivity index (χ0) is 8.55. The molecule has 60 valence electrons. The lowest BCUT2D eigenvalue weighted by Crippen LogP contribution is -2.32. The summed E-state index contributed by atoms with van der Waals surface area (Å²) in [5.41, 5.74) is 0.958. The number of hydrogen-bond acceptors (Lipinski definition) is 4. The van der Waals surface area contributed by atoms with Crippen LogP contribution in [0.2, 0.25) is 0 Å². The summed E-state index contributed by atoms with van der Waals surface area (Å²) in [6.45, 7) is 0. The SMILES string of the molecule is OB(O)c1cc2[nH]ncc2cn1. The molecule has 0 aliphatic heterocycles. The highest BCUT2D eigenvalue weighted by Gasteiger charge is 2.12. The standard InChI is InChI=1S/C6H6BN3O2/c11-7(12)6-1-5-4(2-8-6)3-9-10-5/h1-3,11-12H,(H,9,10). The number of pyridine rings is 1. The molecule has 2 aromatic rings. The lowest BCUT2D eigenvalue weighted by atomic mass is 9.85. The summed E-state index contributed by atoms with van der Waals surface area (Å²) in [6.07, 6.45) is 3.16. The smallest absolute Gasteiger partial charge is 0.422 e. The number of H-pyrrole nitrogens is 1. The van der Waals surface area contributed by atoms with E-state index in [9.17, 15) is 0 Å². The van der Waals surface area contributed by atoms with Gasteiger partial charge in [-0.05, 0) is 6.07 Å². The zero-order valence-corrected chi connectivity index (χ0v) is 6.10. The molecular formula is C6H6BN3O2. The van der Waals surface area contributed by atoms with Crippen molar-refractivity contribution >= 4 is 23.6 Å². The van der Waals surface area contributed by atoms with Crippen molar-refractivity contribution in [3.05, 3.63) is 18.5 Å². The van der Waals surface area contributed by atoms with Crippen LogP contribution in [0, 0.1) is 0 Å². The number of nitrogens with zero attached hydrogens (tertiary/aromatic N) is 2. The van der Waals surface area contributed by atoms with Crippen molar-refractivity contribution in [1.82, 2.24) is 15.2 Å². The van der Waals surface area contributed by atoms with E-state index in [4.69, 9.17) is 10.0 Å². The van der Waals surface area contributed by atoms with Gasteiger partial charge < -0.3 is 10.0 Å². The summed E-state index contributed by atoms with van der Waals surface area (Å²) in [7, 11) is -1.53. The first-order valence-electron chi connectivity index (χ1n) is 3.42. The molecule has 0 spiro atoms. The largest absolute Gasteiger partial charge is 0.508 e. The van der Waals surface area contributed by atoms with Crippen molar-refractivity contribution < 1.29 is 10.0 Å². The Kier molecular flexibility index (Phi) is 1.56. The Balaban J connectivity index is 2.60. The van der Waals surface area contributed by atoms with Gasteiger partial charge in [0.15, 0.2) is 0 Å². The third kappa shape index (κ3) is 1.07. The van der Waals surface area contributed by atoms with Crippen molar-refractivity contribution in [2.75, 3.05) is 0 Å². The van der Waals surface area contributed by atoms with Gasteiger partial charge in [0.1, 0.15) is 0 Å². The minimum absolute atomic E-state index is 0.215. The average molecular weight is 163 g/mol. The van der Waals surface area contributed by atoms with Gasteiger partial charge in [-0.15, -0.1) is 0 Å². The minimum Gasteiger partial charge on any atom is -0.422 e. The highest BCUT2D eigenvalue weighted by Crippen LogP contribution is 2.04. The maximum atomic E-state index is 8.78. The fourth-order valence-electron chi connectivity index (χ4n) is 0.994. The molecule has 2 rings (SSSR count). The van der Waals surface area contributed by atoms with Crippen LogP contribution in [0.3, 0.4) is 0 Å². The minimum atomic E-state index is -1.53. The maximum Gasteiger partial charge on any atom is 0.508 e. The Bertz CT molecular complexity index is 400. The molecule has 0 aliphatic rings. The van der Waals surface area contributed by atoms with Gasteiger partial charge in [0.05, 0.1) is 17.3 Å². The van der Waals surface area contributed by atoms with Gasteiger partial charge in [0, 0.05) is 11.6 Å². The Morgan fingerprint density at radius 3 is 2.92 bits per heavy atom. The predicted molar refractivity (Wildman–Crippen MR) is 43.7 cm³/mol. The molecule has 0 saturated carbocycles. The first kappa shape index (κ1) is 7.26. The highest BCUT2D eigenvalue weighted by atomic mass is 16.4. The van der Waals surface area contributed by atoms with E-state index < -0.39 is 7.12 Å². The van der Waals surface area contributed by atoms with Crippen LogP contribution in [-0.2, 0) is 0 Å². The topological polar surface area (TPSA) is 82.0 Å². The number of rotatable bonds is 1. The van der Waals surface area contributed by atoms with Crippen LogP contribution in [0.5, 0.6) is 0 Å². The molecule has 0 aliphatic carbocycles. The first-order chi connectivity index (χ1) is 5.77. The van der Waals surface area contributed by atoms with Crippen LogP contribution in [0.4, 0.5) is 0 Å². The normalized spacial score (nSPS) is 10.5. The van der Waals surface area contributed by atoms with Crippen LogP contribution in [0.1, 0.15) is 0 Å². The van der Waals surface area contributed by atoms with Crippen molar-refractivity contribution in [3.8, 4) is 0 Å². The lowest BCUT2D eigenvalue weighted by Gasteiger charge is -1.96. The van der Waals surface area contributed by atoms with Crippen LogP contribution in [0.15, 0.2) is 18.5 Å². The van der Waals surface area contributed by atoms with E-state index in [2.05, 4.69) is 15.2 Å². The summed E-state index contributed by atoms with van der Waals surface area (Å²) >= 11 is 0. The second-order valence-electron chi connectivity index (χ2n) is 2.44. The third-order valence-corrected chi connectivity index (χ3v) is 1.61. The molecule has 2 heterocycles. The highest BCUT2D eigenvalue weighted by molar-refractivity contribution is 6.57. The van der Waals surface area contributed by atoms with Gasteiger partial charge in [0.25, 0.3) is 0 Å². The quantitative estimate of drug-likeness (QED) is 0.453. The number of fused-ring (bicyclic) bond motifs is 1. The van der Waals surface area contributed by atoms with E-state index in [1.807, 2.05) is 0 Å². The van der Waals surface area contributed by atoms with Crippen molar-refractivity contribution in [2.24, 2.45) is 0 Å². The average Bonchev–Trinajstić information content (AvgIpc) is 2.49. The van der Waals surface area contributed by atoms with E-state index in [0.29, 0.717) is 0 Å². The Labute approximate surface area is 68.2 Å². The fraction of sp³-hybridized carbons (Fsp3) is 0. The Hall–Kier alpha value is -1.40. The molecule has 0 radical (unpaired) electrons. The van der Waals surface area contributed by atoms with Gasteiger partial charge >= 0.3 is 7.12 Å². The molecule has 0 saturated heterocycles. The van der Waals surface area contributed by atoms with E-state index in [1.54, 1.807) is 12.3 Å². The maximum absolute atomic E-state index is 8.78. The molecular weight excluding hydrogens is 157 g/mol. The van der Waals surface area contributed by atoms with E-state index in [0.717, 1.165) is 10.9 Å². The van der Waals surface area contributed by atoms with Crippen LogP contribution in [0.25, 0.3) is 10.9 Å². The van der Waals surface area contributed by atoms with Crippen molar-refractivity contribution in [2.45, 2.75) is 0 Å². The molecule has 5 nitrogen and oxygen atoms in total. The number of nitrogens with one attached hydrogen (secondary N) is 1. The van der Waals surface area contributed by atoms with Crippen molar-refractivity contribution in [1.29, 1.82) is 0 Å². The predicted octanol–water partition coefficient (Wildman–Crippen LogP) is -1.36. The molecule has 3 N–H and O–H groups in total. The van der Waals surface area contributed by atoms with Gasteiger partial charge in [-0.3, -0.25) is 10.1 Å².